The van der Waals surface area contributed by atoms with Gasteiger partial charge >= 0.3 is 0 Å². The molecule has 4 nitrogen and oxygen atoms in total. The Morgan fingerprint density at radius 3 is 2.67 bits per heavy atom. The van der Waals surface area contributed by atoms with Crippen molar-refractivity contribution in [2.45, 2.75) is 0 Å². The molecule has 3 aromatic carbocycles. The smallest absolute Gasteiger partial charge is 0.248 e. The quantitative estimate of drug-likeness (QED) is 0.308. The number of oxazole rings is 1. The molecule has 0 atom stereocenters. The summed E-state index contributed by atoms with van der Waals surface area (Å²) in [5.74, 6) is 0.371. The van der Waals surface area contributed by atoms with Crippen molar-refractivity contribution in [3.05, 3.63) is 88.0 Å². The zero-order chi connectivity index (χ0) is 18.6. The molecular weight excluding hydrogens is 451 g/mol. The highest BCUT2D eigenvalue weighted by atomic mass is 127. The number of nitrogens with one attached hydrogen (secondary N) is 1. The average molecular weight is 466 g/mol. The van der Waals surface area contributed by atoms with Crippen LogP contribution in [0.1, 0.15) is 5.56 Å². The summed E-state index contributed by atoms with van der Waals surface area (Å²) in [7, 11) is 0. The SMILES string of the molecule is O=C(/C=C/c1ccccc1)Nc1ccc2oc(-c3cccc(I)c3)nc2c1. The second-order valence-electron chi connectivity index (χ2n) is 5.95. The average Bonchev–Trinajstić information content (AvgIpc) is 3.11. The first-order chi connectivity index (χ1) is 13.2. The number of carbonyl (C=O) groups is 1. The van der Waals surface area contributed by atoms with Crippen LogP contribution in [0.4, 0.5) is 5.69 Å². The molecule has 132 valence electrons. The summed E-state index contributed by atoms with van der Waals surface area (Å²) in [5.41, 5.74) is 3.96. The Morgan fingerprint density at radius 2 is 1.85 bits per heavy atom. The van der Waals surface area contributed by atoms with Crippen molar-refractivity contribution in [1.82, 2.24) is 4.98 Å². The predicted molar refractivity (Wildman–Crippen MR) is 116 cm³/mol. The van der Waals surface area contributed by atoms with E-state index < -0.39 is 0 Å². The molecule has 4 rings (SSSR count). The molecule has 0 aliphatic carbocycles. The van der Waals surface area contributed by atoms with Gasteiger partial charge in [-0.15, -0.1) is 0 Å². The number of aromatic nitrogens is 1. The van der Waals surface area contributed by atoms with Gasteiger partial charge in [0.05, 0.1) is 0 Å². The van der Waals surface area contributed by atoms with Gasteiger partial charge < -0.3 is 9.73 Å². The third-order valence-corrected chi connectivity index (χ3v) is 4.62. The van der Waals surface area contributed by atoms with Gasteiger partial charge in [0.15, 0.2) is 5.58 Å². The van der Waals surface area contributed by atoms with E-state index in [4.69, 9.17) is 4.42 Å². The minimum Gasteiger partial charge on any atom is -0.436 e. The van der Waals surface area contributed by atoms with Crippen LogP contribution in [0, 0.1) is 3.57 Å². The highest BCUT2D eigenvalue weighted by Gasteiger charge is 2.09. The van der Waals surface area contributed by atoms with Crippen molar-refractivity contribution < 1.29 is 9.21 Å². The Balaban J connectivity index is 1.53. The first-order valence-corrected chi connectivity index (χ1v) is 9.46. The maximum Gasteiger partial charge on any atom is 0.248 e. The second kappa shape index (κ2) is 7.75. The molecule has 5 heteroatoms. The third kappa shape index (κ3) is 4.25. The first kappa shape index (κ1) is 17.5. The van der Waals surface area contributed by atoms with E-state index in [9.17, 15) is 4.79 Å². The molecule has 1 heterocycles. The predicted octanol–water partition coefficient (Wildman–Crippen LogP) is 5.75. The summed E-state index contributed by atoms with van der Waals surface area (Å²) in [6.45, 7) is 0. The molecular formula is C22H15IN2O2. The number of halogens is 1. The van der Waals surface area contributed by atoms with Crippen LogP contribution >= 0.6 is 22.6 Å². The Morgan fingerprint density at radius 1 is 1.00 bits per heavy atom. The summed E-state index contributed by atoms with van der Waals surface area (Å²) in [6.07, 6.45) is 3.29. The van der Waals surface area contributed by atoms with Crippen LogP contribution < -0.4 is 5.32 Å². The minimum absolute atomic E-state index is 0.195. The molecule has 0 saturated heterocycles. The van der Waals surface area contributed by atoms with Gasteiger partial charge in [-0.05, 0) is 70.6 Å². The van der Waals surface area contributed by atoms with Gasteiger partial charge in [0, 0.05) is 20.9 Å². The summed E-state index contributed by atoms with van der Waals surface area (Å²) in [6, 6.07) is 23.1. The Labute approximate surface area is 170 Å². The minimum atomic E-state index is -0.195. The number of fused-ring (bicyclic) bond motifs is 1. The zero-order valence-corrected chi connectivity index (χ0v) is 16.4. The number of benzene rings is 3. The number of hydrogen-bond donors (Lipinski definition) is 1. The van der Waals surface area contributed by atoms with Gasteiger partial charge in [-0.25, -0.2) is 4.98 Å². The van der Waals surface area contributed by atoms with E-state index in [0.717, 1.165) is 14.7 Å². The van der Waals surface area contributed by atoms with Crippen LogP contribution in [0.15, 0.2) is 83.3 Å². The van der Waals surface area contributed by atoms with Gasteiger partial charge in [-0.1, -0.05) is 36.4 Å². The second-order valence-corrected chi connectivity index (χ2v) is 7.19. The molecule has 1 amide bonds. The largest absolute Gasteiger partial charge is 0.436 e. The topological polar surface area (TPSA) is 55.1 Å². The Bertz CT molecular complexity index is 1130. The van der Waals surface area contributed by atoms with Crippen LogP contribution in [0.5, 0.6) is 0 Å². The number of amides is 1. The van der Waals surface area contributed by atoms with Crippen molar-refractivity contribution in [2.75, 3.05) is 5.32 Å². The highest BCUT2D eigenvalue weighted by Crippen LogP contribution is 2.27. The van der Waals surface area contributed by atoms with Gasteiger partial charge in [0.25, 0.3) is 0 Å². The van der Waals surface area contributed by atoms with Crippen molar-refractivity contribution in [2.24, 2.45) is 0 Å². The summed E-state index contributed by atoms with van der Waals surface area (Å²) in [4.78, 5) is 16.7. The molecule has 0 unspecified atom stereocenters. The van der Waals surface area contributed by atoms with E-state index in [0.29, 0.717) is 22.7 Å². The molecule has 1 aromatic heterocycles. The Hall–Kier alpha value is -2.93. The molecule has 0 spiro atoms. The highest BCUT2D eigenvalue weighted by molar-refractivity contribution is 14.1. The van der Waals surface area contributed by atoms with Crippen LogP contribution in [0.2, 0.25) is 0 Å². The molecule has 0 fully saturated rings. The van der Waals surface area contributed by atoms with Crippen molar-refractivity contribution in [3.8, 4) is 11.5 Å². The van der Waals surface area contributed by atoms with Crippen molar-refractivity contribution >= 4 is 51.4 Å². The van der Waals surface area contributed by atoms with E-state index >= 15 is 0 Å². The summed E-state index contributed by atoms with van der Waals surface area (Å²) < 4.78 is 6.95. The van der Waals surface area contributed by atoms with E-state index in [1.165, 1.54) is 6.08 Å². The van der Waals surface area contributed by atoms with E-state index in [-0.39, 0.29) is 5.91 Å². The molecule has 27 heavy (non-hydrogen) atoms. The molecule has 4 aromatic rings. The van der Waals surface area contributed by atoms with E-state index in [1.807, 2.05) is 66.7 Å². The molecule has 0 radical (unpaired) electrons. The fourth-order valence-electron chi connectivity index (χ4n) is 2.67. The molecule has 1 N–H and O–H groups in total. The third-order valence-electron chi connectivity index (χ3n) is 3.95. The lowest BCUT2D eigenvalue weighted by Crippen LogP contribution is -2.07. The zero-order valence-electron chi connectivity index (χ0n) is 14.2. The number of nitrogens with zero attached hydrogens (tertiary/aromatic N) is 1. The van der Waals surface area contributed by atoms with Gasteiger partial charge in [0.2, 0.25) is 11.8 Å². The van der Waals surface area contributed by atoms with E-state index in [1.54, 1.807) is 12.1 Å². The normalized spacial score (nSPS) is 11.1. The van der Waals surface area contributed by atoms with Crippen LogP contribution in [-0.2, 0) is 4.79 Å². The molecule has 0 saturated carbocycles. The van der Waals surface area contributed by atoms with Gasteiger partial charge in [-0.2, -0.15) is 0 Å². The number of anilines is 1. The van der Waals surface area contributed by atoms with Gasteiger partial charge in [0.1, 0.15) is 5.52 Å². The summed E-state index contributed by atoms with van der Waals surface area (Å²) in [5, 5.41) is 2.85. The van der Waals surface area contributed by atoms with E-state index in [2.05, 4.69) is 32.9 Å². The van der Waals surface area contributed by atoms with Crippen molar-refractivity contribution in [3.63, 3.8) is 0 Å². The lowest BCUT2D eigenvalue weighted by atomic mass is 10.2. The van der Waals surface area contributed by atoms with Crippen LogP contribution in [0.25, 0.3) is 28.6 Å². The fourth-order valence-corrected chi connectivity index (χ4v) is 3.21. The standard InChI is InChI=1S/C22H15IN2O2/c23-17-8-4-7-16(13-17)22-25-19-14-18(10-11-20(19)27-22)24-21(26)12-9-15-5-2-1-3-6-15/h1-14H,(H,24,26)/b12-9+. The summed E-state index contributed by atoms with van der Waals surface area (Å²) >= 11 is 2.26. The Kier molecular flexibility index (Phi) is 5.02. The lowest BCUT2D eigenvalue weighted by Gasteiger charge is -2.01. The maximum absolute atomic E-state index is 12.1. The molecule has 0 bridgehead atoms. The van der Waals surface area contributed by atoms with Crippen molar-refractivity contribution in [1.29, 1.82) is 0 Å². The number of carbonyl (C=O) groups excluding carboxylic acids is 1. The van der Waals surface area contributed by atoms with Crippen LogP contribution in [-0.4, -0.2) is 10.9 Å². The molecule has 0 aliphatic heterocycles. The van der Waals surface area contributed by atoms with Gasteiger partial charge in [-0.3, -0.25) is 4.79 Å². The monoisotopic (exact) mass is 466 g/mol. The first-order valence-electron chi connectivity index (χ1n) is 8.38. The number of hydrogen-bond acceptors (Lipinski definition) is 3. The fraction of sp³-hybridized carbons (Fsp3) is 0. The lowest BCUT2D eigenvalue weighted by molar-refractivity contribution is -0.111. The number of rotatable bonds is 4. The maximum atomic E-state index is 12.1. The molecule has 0 aliphatic rings. The van der Waals surface area contributed by atoms with Crippen LogP contribution in [0.3, 0.4) is 0 Å².